The second-order valence-electron chi connectivity index (χ2n) is 7.23. The summed E-state index contributed by atoms with van der Waals surface area (Å²) >= 11 is 0. The van der Waals surface area contributed by atoms with E-state index in [2.05, 4.69) is 33.8 Å². The third-order valence-corrected chi connectivity index (χ3v) is 4.93. The van der Waals surface area contributed by atoms with E-state index >= 15 is 0 Å². The van der Waals surface area contributed by atoms with E-state index in [-0.39, 0.29) is 30.6 Å². The van der Waals surface area contributed by atoms with Gasteiger partial charge in [0.15, 0.2) is 5.82 Å². The summed E-state index contributed by atoms with van der Waals surface area (Å²) in [4.78, 5) is 13.4. The fraction of sp³-hybridized carbons (Fsp3) is 0.333. The molecule has 182 valence electrons. The van der Waals surface area contributed by atoms with Crippen molar-refractivity contribution in [3.8, 4) is 11.5 Å². The molecule has 2 aromatic heterocycles. The summed E-state index contributed by atoms with van der Waals surface area (Å²) in [5, 5.41) is 14.9. The quantitative estimate of drug-likeness (QED) is 0.406. The highest BCUT2D eigenvalue weighted by Crippen LogP contribution is 2.34. The number of aryl methyl sites for hydroxylation is 1. The van der Waals surface area contributed by atoms with Crippen LogP contribution in [0.2, 0.25) is 0 Å². The van der Waals surface area contributed by atoms with E-state index in [1.165, 1.54) is 16.8 Å². The van der Waals surface area contributed by atoms with Crippen molar-refractivity contribution in [2.75, 3.05) is 18.4 Å². The summed E-state index contributed by atoms with van der Waals surface area (Å²) < 4.78 is 70.5. The van der Waals surface area contributed by atoms with Crippen LogP contribution in [0.3, 0.4) is 0 Å². The molecule has 0 spiro atoms. The molecule has 0 saturated carbocycles. The van der Waals surface area contributed by atoms with E-state index in [4.69, 9.17) is 4.42 Å². The Labute approximate surface area is 191 Å². The second kappa shape index (κ2) is 10.0. The zero-order valence-electron chi connectivity index (χ0n) is 18.0. The van der Waals surface area contributed by atoms with Crippen molar-refractivity contribution in [3.05, 3.63) is 55.1 Å². The third kappa shape index (κ3) is 5.41. The number of benzene rings is 1. The van der Waals surface area contributed by atoms with E-state index in [1.54, 1.807) is 13.2 Å². The van der Waals surface area contributed by atoms with Gasteiger partial charge in [-0.25, -0.2) is 8.78 Å². The molecule has 1 saturated heterocycles. The van der Waals surface area contributed by atoms with Crippen LogP contribution in [0, 0.1) is 0 Å². The number of alkyl halides is 5. The van der Waals surface area contributed by atoms with Gasteiger partial charge in [-0.05, 0) is 30.7 Å². The molecule has 1 aliphatic heterocycles. The van der Waals surface area contributed by atoms with Gasteiger partial charge in [-0.15, -0.1) is 23.4 Å². The van der Waals surface area contributed by atoms with Crippen LogP contribution in [0.25, 0.3) is 11.5 Å². The van der Waals surface area contributed by atoms with E-state index in [9.17, 15) is 26.7 Å². The lowest BCUT2D eigenvalue weighted by Crippen LogP contribution is -2.31. The minimum atomic E-state index is -4.45. The smallest absolute Gasteiger partial charge is 0.416 e. The Kier molecular flexibility index (Phi) is 7.32. The predicted molar refractivity (Wildman–Crippen MR) is 112 cm³/mol. The van der Waals surface area contributed by atoms with Crippen molar-refractivity contribution in [2.45, 2.75) is 24.9 Å². The Bertz CT molecular complexity index is 1130. The first-order valence-electron chi connectivity index (χ1n) is 10.0. The molecule has 1 unspecified atom stereocenters. The highest BCUT2D eigenvalue weighted by Gasteiger charge is 2.38. The first kappa shape index (κ1) is 24.9. The maximum atomic E-state index is 12.8. The van der Waals surface area contributed by atoms with Crippen molar-refractivity contribution in [1.82, 2.24) is 24.9 Å². The van der Waals surface area contributed by atoms with E-state index < -0.39 is 36.5 Å². The molecule has 3 aromatic rings. The number of carbonyl (C=O) groups is 1. The molecule has 1 amide bonds. The SMILES string of the molecule is C=C.Cn1cc(-c2nnc(C3CCN(CC(F)F)C3=O)o2)c(Nc2ccc(C(F)(F)F)cc2)n1. The van der Waals surface area contributed by atoms with Crippen molar-refractivity contribution in [3.63, 3.8) is 0 Å². The average molecular weight is 484 g/mol. The molecule has 3 heterocycles. The standard InChI is InChI=1S/C19H17F5N6O2.C2H4/c1-29-8-13(15(28-29)25-11-4-2-10(3-5-11)19(22,23)24)17-27-26-16(32-17)12-6-7-30(18(12)31)9-14(20)21;1-2/h2-5,8,12,14H,6-7,9H2,1H3,(H,25,28);1-2H2. The summed E-state index contributed by atoms with van der Waals surface area (Å²) in [6.07, 6.45) is -5.25. The number of halogens is 5. The largest absolute Gasteiger partial charge is 0.420 e. The van der Waals surface area contributed by atoms with Gasteiger partial charge < -0.3 is 14.6 Å². The summed E-state index contributed by atoms with van der Waals surface area (Å²) in [6, 6.07) is 4.39. The van der Waals surface area contributed by atoms with Crippen LogP contribution >= 0.6 is 0 Å². The Hall–Kier alpha value is -3.77. The van der Waals surface area contributed by atoms with Gasteiger partial charge in [-0.1, -0.05) is 0 Å². The Morgan fingerprint density at radius 1 is 1.21 bits per heavy atom. The third-order valence-electron chi connectivity index (χ3n) is 4.93. The number of hydrogen-bond acceptors (Lipinski definition) is 6. The molecule has 8 nitrogen and oxygen atoms in total. The van der Waals surface area contributed by atoms with E-state index in [1.807, 2.05) is 0 Å². The number of nitrogens with zero attached hydrogens (tertiary/aromatic N) is 5. The molecule has 4 rings (SSSR count). The first-order valence-corrected chi connectivity index (χ1v) is 10.0. The average Bonchev–Trinajstić information content (AvgIpc) is 3.48. The number of hydrogen-bond donors (Lipinski definition) is 1. The van der Waals surface area contributed by atoms with Gasteiger partial charge in [0.25, 0.3) is 12.3 Å². The number of likely N-dealkylation sites (tertiary alicyclic amines) is 1. The maximum Gasteiger partial charge on any atom is 0.416 e. The van der Waals surface area contributed by atoms with E-state index in [0.29, 0.717) is 11.3 Å². The zero-order chi connectivity index (χ0) is 25.0. The molecule has 1 aromatic carbocycles. The summed E-state index contributed by atoms with van der Waals surface area (Å²) in [7, 11) is 1.63. The van der Waals surface area contributed by atoms with E-state index in [0.717, 1.165) is 17.0 Å². The summed E-state index contributed by atoms with van der Waals surface area (Å²) in [5.74, 6) is -1.03. The molecule has 0 aliphatic carbocycles. The fourth-order valence-corrected chi connectivity index (χ4v) is 3.42. The van der Waals surface area contributed by atoms with Crippen molar-refractivity contribution < 1.29 is 31.2 Å². The van der Waals surface area contributed by atoms with Crippen molar-refractivity contribution in [1.29, 1.82) is 0 Å². The minimum Gasteiger partial charge on any atom is -0.420 e. The fourth-order valence-electron chi connectivity index (χ4n) is 3.42. The lowest BCUT2D eigenvalue weighted by molar-refractivity contribution is -0.137. The monoisotopic (exact) mass is 484 g/mol. The molecule has 1 atom stereocenters. The lowest BCUT2D eigenvalue weighted by Gasteiger charge is -2.14. The number of rotatable bonds is 6. The van der Waals surface area contributed by atoms with Crippen LogP contribution in [0.15, 0.2) is 48.0 Å². The topological polar surface area (TPSA) is 89.1 Å². The summed E-state index contributed by atoms with van der Waals surface area (Å²) in [6.45, 7) is 5.51. The van der Waals surface area contributed by atoms with Crippen LogP contribution in [0.5, 0.6) is 0 Å². The van der Waals surface area contributed by atoms with Gasteiger partial charge in [0.1, 0.15) is 11.5 Å². The highest BCUT2D eigenvalue weighted by atomic mass is 19.4. The number of aromatic nitrogens is 4. The van der Waals surface area contributed by atoms with Gasteiger partial charge in [-0.3, -0.25) is 9.48 Å². The summed E-state index contributed by atoms with van der Waals surface area (Å²) in [5.41, 5.74) is -0.0692. The number of amides is 1. The Morgan fingerprint density at radius 3 is 2.50 bits per heavy atom. The van der Waals surface area contributed by atoms with Crippen molar-refractivity contribution >= 4 is 17.4 Å². The van der Waals surface area contributed by atoms with Crippen LogP contribution < -0.4 is 5.32 Å². The molecule has 0 bridgehead atoms. The van der Waals surface area contributed by atoms with Gasteiger partial charge in [-0.2, -0.15) is 18.3 Å². The molecule has 0 radical (unpaired) electrons. The minimum absolute atomic E-state index is 0.00565. The van der Waals surface area contributed by atoms with Gasteiger partial charge >= 0.3 is 6.18 Å². The van der Waals surface area contributed by atoms with Crippen LogP contribution in [0.1, 0.15) is 23.8 Å². The van der Waals surface area contributed by atoms with Crippen molar-refractivity contribution in [2.24, 2.45) is 7.05 Å². The second-order valence-corrected chi connectivity index (χ2v) is 7.23. The predicted octanol–water partition coefficient (Wildman–Crippen LogP) is 4.62. The maximum absolute atomic E-state index is 12.8. The van der Waals surface area contributed by atoms with Crippen LogP contribution in [-0.2, 0) is 18.0 Å². The number of anilines is 2. The molecule has 34 heavy (non-hydrogen) atoms. The Balaban J connectivity index is 0.00000158. The molecule has 13 heteroatoms. The highest BCUT2D eigenvalue weighted by molar-refractivity contribution is 5.85. The number of nitrogens with one attached hydrogen (secondary N) is 1. The molecular formula is C21H21F5N6O2. The van der Waals surface area contributed by atoms with Gasteiger partial charge in [0.2, 0.25) is 11.8 Å². The molecule has 1 aliphatic rings. The first-order chi connectivity index (χ1) is 16.1. The van der Waals surface area contributed by atoms with Gasteiger partial charge in [0, 0.05) is 25.5 Å². The number of carbonyl (C=O) groups excluding carboxylic acids is 1. The molecular weight excluding hydrogens is 463 g/mol. The molecule has 1 fully saturated rings. The van der Waals surface area contributed by atoms with Gasteiger partial charge in [0.05, 0.1) is 12.1 Å². The van der Waals surface area contributed by atoms with Crippen LogP contribution in [0.4, 0.5) is 33.5 Å². The molecule has 1 N–H and O–H groups in total. The normalized spacial score (nSPS) is 16.0. The lowest BCUT2D eigenvalue weighted by atomic mass is 10.1. The zero-order valence-corrected chi connectivity index (χ0v) is 18.0. The van der Waals surface area contributed by atoms with Crippen LogP contribution in [-0.4, -0.2) is 50.3 Å². The Morgan fingerprint density at radius 2 is 1.88 bits per heavy atom.